The molecular weight excluding hydrogens is 360 g/mol. The van der Waals surface area contributed by atoms with Crippen molar-refractivity contribution >= 4 is 31.6 Å². The van der Waals surface area contributed by atoms with E-state index in [9.17, 15) is 18.5 Å². The summed E-state index contributed by atoms with van der Waals surface area (Å²) in [6, 6.07) is 4.06. The van der Waals surface area contributed by atoms with E-state index in [1.807, 2.05) is 13.8 Å². The van der Waals surface area contributed by atoms with Gasteiger partial charge in [-0.05, 0) is 18.4 Å². The van der Waals surface area contributed by atoms with Gasteiger partial charge in [0.1, 0.15) is 0 Å². The molecule has 6 nitrogen and oxygen atoms in total. The lowest BCUT2D eigenvalue weighted by molar-refractivity contribution is -0.385. The molecule has 1 aromatic rings. The van der Waals surface area contributed by atoms with Crippen LogP contribution in [0.25, 0.3) is 0 Å². The molecule has 0 aliphatic carbocycles. The van der Waals surface area contributed by atoms with Crippen molar-refractivity contribution in [3.63, 3.8) is 0 Å². The zero-order valence-corrected chi connectivity index (χ0v) is 14.8. The molecule has 118 valence electrons. The molecule has 0 aromatic heterocycles. The summed E-state index contributed by atoms with van der Waals surface area (Å²) >= 11 is 3.49. The first-order valence-corrected chi connectivity index (χ1v) is 8.77. The fraction of sp³-hybridized carbons (Fsp3) is 0.538. The van der Waals surface area contributed by atoms with Gasteiger partial charge in [0.05, 0.1) is 9.82 Å². The zero-order chi connectivity index (χ0) is 16.4. The number of nitrogens with zero attached hydrogens (tertiary/aromatic N) is 2. The maximum absolute atomic E-state index is 12.0. The Bertz CT molecular complexity index is 629. The van der Waals surface area contributed by atoms with Gasteiger partial charge in [0.25, 0.3) is 5.69 Å². The lowest BCUT2D eigenvalue weighted by Gasteiger charge is -2.15. The Labute approximate surface area is 133 Å². The van der Waals surface area contributed by atoms with Gasteiger partial charge in [0.2, 0.25) is 10.0 Å². The lowest BCUT2D eigenvalue weighted by atomic mass is 10.0. The standard InChI is InChI=1S/C13H19BrN2O4S/c1-9(2)12(14)7-10-5-6-11(8-13(10)16(17)18)21(19,20)15(3)4/h5-6,8-9,12H,7H2,1-4H3. The van der Waals surface area contributed by atoms with E-state index in [2.05, 4.69) is 15.9 Å². The summed E-state index contributed by atoms with van der Waals surface area (Å²) in [4.78, 5) is 10.7. The van der Waals surface area contributed by atoms with Crippen molar-refractivity contribution in [2.75, 3.05) is 14.1 Å². The van der Waals surface area contributed by atoms with Gasteiger partial charge in [-0.1, -0.05) is 35.8 Å². The third-order valence-corrected chi connectivity index (χ3v) is 6.36. The summed E-state index contributed by atoms with van der Waals surface area (Å²) in [5.74, 6) is 0.315. The van der Waals surface area contributed by atoms with Gasteiger partial charge in [-0.15, -0.1) is 0 Å². The van der Waals surface area contributed by atoms with Crippen LogP contribution in [0.3, 0.4) is 0 Å². The van der Waals surface area contributed by atoms with Gasteiger partial charge < -0.3 is 0 Å². The topological polar surface area (TPSA) is 80.5 Å². The monoisotopic (exact) mass is 378 g/mol. The number of halogens is 1. The molecule has 0 fully saturated rings. The second-order valence-electron chi connectivity index (χ2n) is 5.30. The molecule has 1 unspecified atom stereocenters. The van der Waals surface area contributed by atoms with Crippen molar-refractivity contribution < 1.29 is 13.3 Å². The van der Waals surface area contributed by atoms with Crippen LogP contribution in [0.2, 0.25) is 0 Å². The third kappa shape index (κ3) is 4.24. The molecular formula is C13H19BrN2O4S. The third-order valence-electron chi connectivity index (χ3n) is 3.17. The van der Waals surface area contributed by atoms with Crippen molar-refractivity contribution in [2.45, 2.75) is 30.0 Å². The highest BCUT2D eigenvalue weighted by Gasteiger charge is 2.24. The van der Waals surface area contributed by atoms with Gasteiger partial charge in [-0.25, -0.2) is 12.7 Å². The Morgan fingerprint density at radius 3 is 2.33 bits per heavy atom. The van der Waals surface area contributed by atoms with E-state index < -0.39 is 14.9 Å². The summed E-state index contributed by atoms with van der Waals surface area (Å²) in [6.45, 7) is 4.02. The minimum absolute atomic E-state index is 0.0707. The summed E-state index contributed by atoms with van der Waals surface area (Å²) in [6.07, 6.45) is 0.469. The maximum Gasteiger partial charge on any atom is 0.273 e. The van der Waals surface area contributed by atoms with Crippen LogP contribution in [-0.2, 0) is 16.4 Å². The highest BCUT2D eigenvalue weighted by molar-refractivity contribution is 9.09. The van der Waals surface area contributed by atoms with Crippen LogP contribution < -0.4 is 0 Å². The number of sulfonamides is 1. The first-order chi connectivity index (χ1) is 9.57. The Kier molecular flexibility index (Phi) is 5.89. The van der Waals surface area contributed by atoms with Gasteiger partial charge in [-0.3, -0.25) is 10.1 Å². The quantitative estimate of drug-likeness (QED) is 0.433. The molecule has 0 amide bonds. The molecule has 0 aliphatic rings. The van der Waals surface area contributed by atoms with Crippen LogP contribution in [0.4, 0.5) is 5.69 Å². The predicted octanol–water partition coefficient (Wildman–Crippen LogP) is 2.81. The molecule has 21 heavy (non-hydrogen) atoms. The summed E-state index contributed by atoms with van der Waals surface area (Å²) < 4.78 is 25.1. The van der Waals surface area contributed by atoms with E-state index >= 15 is 0 Å². The highest BCUT2D eigenvalue weighted by atomic mass is 79.9. The number of alkyl halides is 1. The number of hydrogen-bond acceptors (Lipinski definition) is 4. The van der Waals surface area contributed by atoms with Crippen molar-refractivity contribution in [3.05, 3.63) is 33.9 Å². The summed E-state index contributed by atoms with van der Waals surface area (Å²) in [5.41, 5.74) is 0.358. The van der Waals surface area contributed by atoms with E-state index in [1.54, 1.807) is 0 Å². The molecule has 0 radical (unpaired) electrons. The second-order valence-corrected chi connectivity index (χ2v) is 8.63. The van der Waals surface area contributed by atoms with Crippen LogP contribution in [0.1, 0.15) is 19.4 Å². The Morgan fingerprint density at radius 1 is 1.33 bits per heavy atom. The van der Waals surface area contributed by atoms with E-state index in [0.29, 0.717) is 17.9 Å². The van der Waals surface area contributed by atoms with Crippen molar-refractivity contribution in [1.82, 2.24) is 4.31 Å². The molecule has 0 spiro atoms. The van der Waals surface area contributed by atoms with Gasteiger partial charge in [-0.2, -0.15) is 0 Å². The largest absolute Gasteiger partial charge is 0.273 e. The Balaban J connectivity index is 3.30. The van der Waals surface area contributed by atoms with Crippen molar-refractivity contribution in [3.8, 4) is 0 Å². The average Bonchev–Trinajstić information content (AvgIpc) is 2.38. The molecule has 0 saturated heterocycles. The number of benzene rings is 1. The van der Waals surface area contributed by atoms with E-state index in [4.69, 9.17) is 0 Å². The van der Waals surface area contributed by atoms with Crippen molar-refractivity contribution in [1.29, 1.82) is 0 Å². The molecule has 0 heterocycles. The summed E-state index contributed by atoms with van der Waals surface area (Å²) in [5, 5.41) is 11.2. The number of nitro groups is 1. The number of nitro benzene ring substituents is 1. The fourth-order valence-electron chi connectivity index (χ4n) is 1.70. The van der Waals surface area contributed by atoms with Crippen LogP contribution in [-0.4, -0.2) is 36.6 Å². The molecule has 8 heteroatoms. The first kappa shape index (κ1) is 18.1. The maximum atomic E-state index is 12.0. The van der Waals surface area contributed by atoms with E-state index in [-0.39, 0.29) is 15.4 Å². The predicted molar refractivity (Wildman–Crippen MR) is 85.2 cm³/mol. The second kappa shape index (κ2) is 6.85. The van der Waals surface area contributed by atoms with Crippen molar-refractivity contribution in [2.24, 2.45) is 5.92 Å². The number of rotatable bonds is 6. The normalized spacial score (nSPS) is 13.7. The molecule has 1 aromatic carbocycles. The van der Waals surface area contributed by atoms with Crippen LogP contribution >= 0.6 is 15.9 Å². The minimum Gasteiger partial charge on any atom is -0.258 e. The SMILES string of the molecule is CC(C)C(Br)Cc1ccc(S(=O)(=O)N(C)C)cc1[N+](=O)[O-]. The molecule has 1 atom stereocenters. The minimum atomic E-state index is -3.68. The van der Waals surface area contributed by atoms with Gasteiger partial charge >= 0.3 is 0 Å². The molecule has 1 rings (SSSR count). The highest BCUT2D eigenvalue weighted by Crippen LogP contribution is 2.28. The summed E-state index contributed by atoms with van der Waals surface area (Å²) in [7, 11) is -0.895. The zero-order valence-electron chi connectivity index (χ0n) is 12.4. The molecule has 0 aliphatic heterocycles. The van der Waals surface area contributed by atoms with Gasteiger partial charge in [0.15, 0.2) is 0 Å². The van der Waals surface area contributed by atoms with Crippen LogP contribution in [0.5, 0.6) is 0 Å². The fourth-order valence-corrected chi connectivity index (χ4v) is 2.97. The van der Waals surface area contributed by atoms with Crippen LogP contribution in [0, 0.1) is 16.0 Å². The van der Waals surface area contributed by atoms with E-state index in [1.165, 1.54) is 26.2 Å². The average molecular weight is 379 g/mol. The Hall–Kier alpha value is -0.990. The van der Waals surface area contributed by atoms with E-state index in [0.717, 1.165) is 10.4 Å². The Morgan fingerprint density at radius 2 is 1.90 bits per heavy atom. The first-order valence-electron chi connectivity index (χ1n) is 6.41. The number of hydrogen-bond donors (Lipinski definition) is 0. The van der Waals surface area contributed by atoms with Crippen LogP contribution in [0.15, 0.2) is 23.1 Å². The molecule has 0 N–H and O–H groups in total. The smallest absolute Gasteiger partial charge is 0.258 e. The van der Waals surface area contributed by atoms with Gasteiger partial charge in [0, 0.05) is 30.6 Å². The molecule has 0 saturated carbocycles. The lowest BCUT2D eigenvalue weighted by Crippen LogP contribution is -2.22. The molecule has 0 bridgehead atoms.